The van der Waals surface area contributed by atoms with Gasteiger partial charge in [0.1, 0.15) is 0 Å². The van der Waals surface area contributed by atoms with E-state index in [1.165, 1.54) is 0 Å². The molecule has 0 saturated heterocycles. The average Bonchev–Trinajstić information content (AvgIpc) is 2.80. The van der Waals surface area contributed by atoms with Crippen molar-refractivity contribution in [2.45, 2.75) is 26.7 Å². The summed E-state index contributed by atoms with van der Waals surface area (Å²) in [6, 6.07) is 2.08. The van der Waals surface area contributed by atoms with Gasteiger partial charge in [-0.2, -0.15) is 5.10 Å². The van der Waals surface area contributed by atoms with Crippen molar-refractivity contribution in [2.24, 2.45) is 0 Å². The van der Waals surface area contributed by atoms with Gasteiger partial charge in [-0.1, -0.05) is 0 Å². The van der Waals surface area contributed by atoms with E-state index in [2.05, 4.69) is 25.5 Å². The number of nitrogens with zero attached hydrogens (tertiary/aromatic N) is 3. The molecule has 0 atom stereocenters. The topological polar surface area (TPSA) is 92.8 Å². The van der Waals surface area contributed by atoms with Crippen LogP contribution >= 0.6 is 0 Å². The molecule has 21 heavy (non-hydrogen) atoms. The monoisotopic (exact) mass is 289 g/mol. The molecule has 7 nitrogen and oxygen atoms in total. The summed E-state index contributed by atoms with van der Waals surface area (Å²) in [4.78, 5) is 19.7. The third-order valence-electron chi connectivity index (χ3n) is 3.03. The molecule has 0 aromatic carbocycles. The summed E-state index contributed by atoms with van der Waals surface area (Å²) < 4.78 is 5.34. The molecule has 2 rings (SSSR count). The first-order chi connectivity index (χ1) is 10.2. The standard InChI is InChI=1S/C14H19N5O2/c1-10-12(11(2)19-18-10)9-13(20)15-7-4-8-21-14-16-5-3-6-17-14/h3,5-6H,4,7-9H2,1-2H3,(H,15,20)(H,18,19). The highest BCUT2D eigenvalue weighted by Gasteiger charge is 2.10. The molecule has 2 aromatic heterocycles. The number of ether oxygens (including phenoxy) is 1. The molecule has 0 aliphatic rings. The Balaban J connectivity index is 1.64. The molecule has 2 aromatic rings. The molecule has 112 valence electrons. The van der Waals surface area contributed by atoms with E-state index < -0.39 is 0 Å². The van der Waals surface area contributed by atoms with E-state index in [9.17, 15) is 4.79 Å². The van der Waals surface area contributed by atoms with Crippen molar-refractivity contribution in [3.8, 4) is 6.01 Å². The molecule has 2 heterocycles. The minimum absolute atomic E-state index is 0.0152. The van der Waals surface area contributed by atoms with Gasteiger partial charge in [-0.3, -0.25) is 9.89 Å². The van der Waals surface area contributed by atoms with Crippen LogP contribution in [0.1, 0.15) is 23.4 Å². The number of carbonyl (C=O) groups is 1. The second-order valence-electron chi connectivity index (χ2n) is 4.67. The van der Waals surface area contributed by atoms with Crippen LogP contribution in [-0.2, 0) is 11.2 Å². The number of H-pyrrole nitrogens is 1. The maximum atomic E-state index is 11.8. The lowest BCUT2D eigenvalue weighted by Gasteiger charge is -2.06. The van der Waals surface area contributed by atoms with E-state index in [4.69, 9.17) is 4.74 Å². The summed E-state index contributed by atoms with van der Waals surface area (Å²) in [5.74, 6) is -0.0152. The first-order valence-corrected chi connectivity index (χ1v) is 6.84. The van der Waals surface area contributed by atoms with Gasteiger partial charge in [0.15, 0.2) is 0 Å². The van der Waals surface area contributed by atoms with Crippen molar-refractivity contribution < 1.29 is 9.53 Å². The average molecular weight is 289 g/mol. The van der Waals surface area contributed by atoms with Crippen molar-refractivity contribution in [1.82, 2.24) is 25.5 Å². The Morgan fingerprint density at radius 3 is 2.76 bits per heavy atom. The minimum Gasteiger partial charge on any atom is -0.463 e. The fourth-order valence-electron chi connectivity index (χ4n) is 1.88. The number of aromatic amines is 1. The van der Waals surface area contributed by atoms with E-state index in [1.54, 1.807) is 18.5 Å². The number of rotatable bonds is 7. The molecular weight excluding hydrogens is 270 g/mol. The van der Waals surface area contributed by atoms with E-state index in [0.717, 1.165) is 17.0 Å². The number of hydrogen-bond donors (Lipinski definition) is 2. The Hall–Kier alpha value is -2.44. The van der Waals surface area contributed by atoms with E-state index in [0.29, 0.717) is 32.0 Å². The van der Waals surface area contributed by atoms with Gasteiger partial charge in [0.25, 0.3) is 0 Å². The van der Waals surface area contributed by atoms with Gasteiger partial charge in [-0.25, -0.2) is 9.97 Å². The fourth-order valence-corrected chi connectivity index (χ4v) is 1.88. The van der Waals surface area contributed by atoms with Crippen LogP contribution in [0.4, 0.5) is 0 Å². The van der Waals surface area contributed by atoms with Gasteiger partial charge in [0.05, 0.1) is 18.7 Å². The zero-order valence-corrected chi connectivity index (χ0v) is 12.2. The molecule has 0 radical (unpaired) electrons. The van der Waals surface area contributed by atoms with Crippen molar-refractivity contribution in [3.63, 3.8) is 0 Å². The van der Waals surface area contributed by atoms with Crippen molar-refractivity contribution in [1.29, 1.82) is 0 Å². The molecule has 0 bridgehead atoms. The first-order valence-electron chi connectivity index (χ1n) is 6.84. The molecule has 2 N–H and O–H groups in total. The van der Waals surface area contributed by atoms with Crippen LogP contribution in [0.2, 0.25) is 0 Å². The summed E-state index contributed by atoms with van der Waals surface area (Å²) >= 11 is 0. The minimum atomic E-state index is -0.0152. The maximum absolute atomic E-state index is 11.8. The van der Waals surface area contributed by atoms with Gasteiger partial charge >= 0.3 is 6.01 Å². The van der Waals surface area contributed by atoms with Crippen molar-refractivity contribution in [2.75, 3.05) is 13.2 Å². The molecule has 7 heteroatoms. The smallest absolute Gasteiger partial charge is 0.316 e. The highest BCUT2D eigenvalue weighted by Crippen LogP contribution is 2.09. The van der Waals surface area contributed by atoms with Crippen molar-refractivity contribution >= 4 is 5.91 Å². The number of amides is 1. The molecule has 0 aliphatic heterocycles. The van der Waals surface area contributed by atoms with E-state index in [1.807, 2.05) is 13.8 Å². The lowest BCUT2D eigenvalue weighted by molar-refractivity contribution is -0.120. The highest BCUT2D eigenvalue weighted by atomic mass is 16.5. The normalized spacial score (nSPS) is 10.4. The maximum Gasteiger partial charge on any atom is 0.316 e. The molecular formula is C14H19N5O2. The number of hydrogen-bond acceptors (Lipinski definition) is 5. The Morgan fingerprint density at radius 1 is 1.33 bits per heavy atom. The number of aromatic nitrogens is 4. The predicted molar refractivity (Wildman–Crippen MR) is 76.9 cm³/mol. The molecule has 0 aliphatic carbocycles. The molecule has 0 saturated carbocycles. The van der Waals surface area contributed by atoms with Gasteiger partial charge in [0, 0.05) is 30.2 Å². The Bertz CT molecular complexity index is 563. The van der Waals surface area contributed by atoms with Gasteiger partial charge < -0.3 is 10.1 Å². The van der Waals surface area contributed by atoms with Crippen LogP contribution in [0.15, 0.2) is 18.5 Å². The van der Waals surface area contributed by atoms with E-state index >= 15 is 0 Å². The summed E-state index contributed by atoms with van der Waals surface area (Å²) in [6.45, 7) is 4.83. The van der Waals surface area contributed by atoms with Crippen molar-refractivity contribution in [3.05, 3.63) is 35.4 Å². The summed E-state index contributed by atoms with van der Waals surface area (Å²) in [5.41, 5.74) is 2.76. The second kappa shape index (κ2) is 7.37. The summed E-state index contributed by atoms with van der Waals surface area (Å²) in [6.07, 6.45) is 4.30. The highest BCUT2D eigenvalue weighted by molar-refractivity contribution is 5.79. The predicted octanol–water partition coefficient (Wildman–Crippen LogP) is 0.944. The lowest BCUT2D eigenvalue weighted by Crippen LogP contribution is -2.27. The number of aryl methyl sites for hydroxylation is 2. The third-order valence-corrected chi connectivity index (χ3v) is 3.03. The van der Waals surface area contributed by atoms with Crippen LogP contribution in [0.25, 0.3) is 0 Å². The fraction of sp³-hybridized carbons (Fsp3) is 0.429. The number of nitrogens with one attached hydrogen (secondary N) is 2. The third kappa shape index (κ3) is 4.55. The molecule has 0 unspecified atom stereocenters. The Morgan fingerprint density at radius 2 is 2.10 bits per heavy atom. The van der Waals surface area contributed by atoms with Gasteiger partial charge in [0.2, 0.25) is 5.91 Å². The molecule has 0 spiro atoms. The van der Waals surface area contributed by atoms with Crippen LogP contribution in [-0.4, -0.2) is 39.2 Å². The van der Waals surface area contributed by atoms with Crippen LogP contribution in [0, 0.1) is 13.8 Å². The van der Waals surface area contributed by atoms with E-state index in [-0.39, 0.29) is 5.91 Å². The Labute approximate surface area is 123 Å². The second-order valence-corrected chi connectivity index (χ2v) is 4.67. The van der Waals surface area contributed by atoms with Crippen LogP contribution in [0.5, 0.6) is 6.01 Å². The lowest BCUT2D eigenvalue weighted by atomic mass is 10.1. The first kappa shape index (κ1) is 15.0. The zero-order valence-electron chi connectivity index (χ0n) is 12.2. The zero-order chi connectivity index (χ0) is 15.1. The summed E-state index contributed by atoms with van der Waals surface area (Å²) in [5, 5.41) is 9.81. The summed E-state index contributed by atoms with van der Waals surface area (Å²) in [7, 11) is 0. The number of carbonyl (C=O) groups excluding carboxylic acids is 1. The Kier molecular flexibility index (Phi) is 5.25. The van der Waals surface area contributed by atoms with Gasteiger partial charge in [-0.15, -0.1) is 0 Å². The quantitative estimate of drug-likeness (QED) is 0.740. The molecule has 1 amide bonds. The largest absolute Gasteiger partial charge is 0.463 e. The molecule has 0 fully saturated rings. The van der Waals surface area contributed by atoms with Crippen LogP contribution < -0.4 is 10.1 Å². The SMILES string of the molecule is Cc1n[nH]c(C)c1CC(=O)NCCCOc1ncccn1. The van der Waals surface area contributed by atoms with Crippen LogP contribution in [0.3, 0.4) is 0 Å². The van der Waals surface area contributed by atoms with Gasteiger partial charge in [-0.05, 0) is 26.3 Å².